The number of hydrogen-bond donors (Lipinski definition) is 0. The molecule has 1 atom stereocenters. The van der Waals surface area contributed by atoms with Crippen LogP contribution in [0.15, 0.2) is 11.6 Å². The van der Waals surface area contributed by atoms with Crippen molar-refractivity contribution in [3.8, 4) is 0 Å². The van der Waals surface area contributed by atoms with Crippen molar-refractivity contribution >= 4 is 0 Å². The van der Waals surface area contributed by atoms with Crippen LogP contribution >= 0.6 is 0 Å². The van der Waals surface area contributed by atoms with Crippen LogP contribution < -0.4 is 0 Å². The predicted octanol–water partition coefficient (Wildman–Crippen LogP) is 6.51. The molecule has 17 heavy (non-hydrogen) atoms. The fraction of sp³-hybridized carbons (Fsp3) is 0.882. The number of rotatable bonds is 11. The maximum atomic E-state index is 2.33. The highest BCUT2D eigenvalue weighted by Crippen LogP contribution is 2.22. The first-order valence-corrected chi connectivity index (χ1v) is 7.86. The lowest BCUT2D eigenvalue weighted by Crippen LogP contribution is -2.00. The molecular formula is C17H34. The molecule has 0 nitrogen and oxygen atoms in total. The average molecular weight is 238 g/mol. The van der Waals surface area contributed by atoms with Crippen LogP contribution in [0.25, 0.3) is 0 Å². The fourth-order valence-corrected chi connectivity index (χ4v) is 2.51. The summed E-state index contributed by atoms with van der Waals surface area (Å²) in [6.45, 7) is 9.04. The predicted molar refractivity (Wildman–Crippen MR) is 80.4 cm³/mol. The van der Waals surface area contributed by atoms with E-state index in [2.05, 4.69) is 33.8 Å². The smallest absolute Gasteiger partial charge is 0.0323 e. The Balaban J connectivity index is 3.61. The molecule has 0 N–H and O–H groups in total. The van der Waals surface area contributed by atoms with Gasteiger partial charge in [-0.25, -0.2) is 0 Å². The van der Waals surface area contributed by atoms with Crippen molar-refractivity contribution in [2.75, 3.05) is 0 Å². The second-order valence-electron chi connectivity index (χ2n) is 5.53. The summed E-state index contributed by atoms with van der Waals surface area (Å²) in [5.74, 6) is 1.01. The zero-order chi connectivity index (χ0) is 12.9. The second-order valence-corrected chi connectivity index (χ2v) is 5.53. The Morgan fingerprint density at radius 2 is 1.53 bits per heavy atom. The molecule has 0 aromatic carbocycles. The van der Waals surface area contributed by atoms with Gasteiger partial charge in [-0.15, -0.1) is 0 Å². The molecule has 0 fully saturated rings. The van der Waals surface area contributed by atoms with Gasteiger partial charge in [-0.3, -0.25) is 0 Å². The first-order chi connectivity index (χ1) is 8.24. The molecule has 0 saturated carbocycles. The molecule has 0 heterocycles. The van der Waals surface area contributed by atoms with E-state index in [9.17, 15) is 0 Å². The molecule has 0 rings (SSSR count). The first kappa shape index (κ1) is 16.7. The normalized spacial score (nSPS) is 14.0. The minimum atomic E-state index is 1.01. The number of allylic oxidation sites excluding steroid dienone is 2. The van der Waals surface area contributed by atoms with Crippen LogP contribution in [0.2, 0.25) is 0 Å². The summed E-state index contributed by atoms with van der Waals surface area (Å²) < 4.78 is 0. The van der Waals surface area contributed by atoms with Crippen molar-refractivity contribution in [1.82, 2.24) is 0 Å². The molecule has 0 aliphatic carbocycles. The van der Waals surface area contributed by atoms with Crippen LogP contribution in [0.3, 0.4) is 0 Å². The fourth-order valence-electron chi connectivity index (χ4n) is 2.51. The SMILES string of the molecule is C/C=C(/C)CCCC[C@H](CCC)CCCCC. The largest absolute Gasteiger partial charge is 0.0887 e. The van der Waals surface area contributed by atoms with Gasteiger partial charge in [0.05, 0.1) is 0 Å². The molecule has 0 aliphatic rings. The van der Waals surface area contributed by atoms with Gasteiger partial charge in [0.1, 0.15) is 0 Å². The number of unbranched alkanes of at least 4 members (excludes halogenated alkanes) is 3. The van der Waals surface area contributed by atoms with Gasteiger partial charge in [-0.1, -0.05) is 76.9 Å². The van der Waals surface area contributed by atoms with E-state index in [1.54, 1.807) is 5.57 Å². The highest BCUT2D eigenvalue weighted by Gasteiger charge is 2.07. The van der Waals surface area contributed by atoms with E-state index in [-0.39, 0.29) is 0 Å². The van der Waals surface area contributed by atoms with Gasteiger partial charge < -0.3 is 0 Å². The molecule has 0 aromatic rings. The zero-order valence-corrected chi connectivity index (χ0v) is 12.7. The molecule has 0 aromatic heterocycles. The molecule has 0 heteroatoms. The van der Waals surface area contributed by atoms with E-state index in [0.717, 1.165) is 5.92 Å². The van der Waals surface area contributed by atoms with E-state index >= 15 is 0 Å². The third-order valence-electron chi connectivity index (χ3n) is 3.84. The van der Waals surface area contributed by atoms with E-state index in [1.807, 2.05) is 0 Å². The van der Waals surface area contributed by atoms with Gasteiger partial charge in [0, 0.05) is 0 Å². The molecule has 0 unspecified atom stereocenters. The highest BCUT2D eigenvalue weighted by molar-refractivity contribution is 4.94. The summed E-state index contributed by atoms with van der Waals surface area (Å²) in [7, 11) is 0. The Bertz CT molecular complexity index is 178. The third-order valence-corrected chi connectivity index (χ3v) is 3.84. The Morgan fingerprint density at radius 1 is 0.882 bits per heavy atom. The molecular weight excluding hydrogens is 204 g/mol. The van der Waals surface area contributed by atoms with Crippen LogP contribution in [0, 0.1) is 5.92 Å². The van der Waals surface area contributed by atoms with Gasteiger partial charge in [-0.2, -0.15) is 0 Å². The van der Waals surface area contributed by atoms with E-state index in [4.69, 9.17) is 0 Å². The summed E-state index contributed by atoms with van der Waals surface area (Å²) in [6.07, 6.45) is 16.4. The molecule has 0 aliphatic heterocycles. The van der Waals surface area contributed by atoms with E-state index in [0.29, 0.717) is 0 Å². The van der Waals surface area contributed by atoms with Crippen molar-refractivity contribution in [3.05, 3.63) is 11.6 Å². The van der Waals surface area contributed by atoms with Crippen LogP contribution in [0.5, 0.6) is 0 Å². The maximum absolute atomic E-state index is 2.33. The van der Waals surface area contributed by atoms with E-state index in [1.165, 1.54) is 64.2 Å². The van der Waals surface area contributed by atoms with Crippen molar-refractivity contribution in [1.29, 1.82) is 0 Å². The van der Waals surface area contributed by atoms with Crippen LogP contribution in [0.4, 0.5) is 0 Å². The van der Waals surface area contributed by atoms with Crippen molar-refractivity contribution in [2.45, 2.75) is 91.9 Å². The van der Waals surface area contributed by atoms with Crippen LogP contribution in [-0.4, -0.2) is 0 Å². The summed E-state index contributed by atoms with van der Waals surface area (Å²) in [5, 5.41) is 0. The minimum absolute atomic E-state index is 1.01. The monoisotopic (exact) mass is 238 g/mol. The number of hydrogen-bond acceptors (Lipinski definition) is 0. The van der Waals surface area contributed by atoms with Gasteiger partial charge >= 0.3 is 0 Å². The maximum Gasteiger partial charge on any atom is -0.0323 e. The quantitative estimate of drug-likeness (QED) is 0.284. The zero-order valence-electron chi connectivity index (χ0n) is 12.7. The third kappa shape index (κ3) is 10.6. The Kier molecular flexibility index (Phi) is 12.0. The Hall–Kier alpha value is -0.260. The molecule has 0 amide bonds. The first-order valence-electron chi connectivity index (χ1n) is 7.86. The van der Waals surface area contributed by atoms with Crippen LogP contribution in [-0.2, 0) is 0 Å². The topological polar surface area (TPSA) is 0 Å². The lowest BCUT2D eigenvalue weighted by Gasteiger charge is -2.15. The molecule has 102 valence electrons. The molecule has 0 radical (unpaired) electrons. The lowest BCUT2D eigenvalue weighted by molar-refractivity contribution is 0.383. The van der Waals surface area contributed by atoms with Gasteiger partial charge in [0.15, 0.2) is 0 Å². The summed E-state index contributed by atoms with van der Waals surface area (Å²) >= 11 is 0. The van der Waals surface area contributed by atoms with Crippen molar-refractivity contribution < 1.29 is 0 Å². The lowest BCUT2D eigenvalue weighted by atomic mass is 9.91. The minimum Gasteiger partial charge on any atom is -0.0887 e. The van der Waals surface area contributed by atoms with Gasteiger partial charge in [0.2, 0.25) is 0 Å². The van der Waals surface area contributed by atoms with Gasteiger partial charge in [0.25, 0.3) is 0 Å². The highest BCUT2D eigenvalue weighted by atomic mass is 14.1. The molecule has 0 spiro atoms. The Labute approximate surface area is 110 Å². The summed E-state index contributed by atoms with van der Waals surface area (Å²) in [6, 6.07) is 0. The van der Waals surface area contributed by atoms with E-state index < -0.39 is 0 Å². The Morgan fingerprint density at radius 3 is 2.06 bits per heavy atom. The summed E-state index contributed by atoms with van der Waals surface area (Å²) in [4.78, 5) is 0. The molecule has 0 bridgehead atoms. The van der Waals surface area contributed by atoms with Crippen molar-refractivity contribution in [3.63, 3.8) is 0 Å². The molecule has 0 saturated heterocycles. The van der Waals surface area contributed by atoms with Crippen molar-refractivity contribution in [2.24, 2.45) is 5.92 Å². The van der Waals surface area contributed by atoms with Crippen LogP contribution in [0.1, 0.15) is 91.9 Å². The standard InChI is InChI=1S/C17H34/c1-5-8-9-14-17(12-6-2)15-11-10-13-16(4)7-3/h7,17H,5-6,8-15H2,1-4H3/b16-7-/t17-/m1/s1. The summed E-state index contributed by atoms with van der Waals surface area (Å²) in [5.41, 5.74) is 1.56. The second kappa shape index (κ2) is 12.2. The average Bonchev–Trinajstić information content (AvgIpc) is 2.34. The van der Waals surface area contributed by atoms with Gasteiger partial charge in [-0.05, 0) is 32.6 Å².